The van der Waals surface area contributed by atoms with E-state index in [0.29, 0.717) is 5.69 Å². The van der Waals surface area contributed by atoms with Crippen molar-refractivity contribution in [3.8, 4) is 0 Å². The van der Waals surface area contributed by atoms with E-state index in [2.05, 4.69) is 9.71 Å². The molecule has 0 radical (unpaired) electrons. The van der Waals surface area contributed by atoms with Gasteiger partial charge in [0.25, 0.3) is 10.0 Å². The predicted molar refractivity (Wildman–Crippen MR) is 80.7 cm³/mol. The molecule has 112 valence electrons. The molecule has 0 fully saturated rings. The van der Waals surface area contributed by atoms with Crippen molar-refractivity contribution in [2.75, 3.05) is 4.72 Å². The van der Waals surface area contributed by atoms with Gasteiger partial charge in [-0.3, -0.25) is 14.5 Å². The van der Waals surface area contributed by atoms with Crippen LogP contribution < -0.4 is 4.72 Å². The molecule has 10 heteroatoms. The van der Waals surface area contributed by atoms with Gasteiger partial charge in [0.15, 0.2) is 0 Å². The average Bonchev–Trinajstić information content (AvgIpc) is 2.71. The van der Waals surface area contributed by atoms with E-state index < -0.39 is 16.0 Å². The van der Waals surface area contributed by atoms with E-state index in [4.69, 9.17) is 28.3 Å². The van der Waals surface area contributed by atoms with Gasteiger partial charge in [-0.05, 0) is 18.2 Å². The zero-order chi connectivity index (χ0) is 15.6. The van der Waals surface area contributed by atoms with Gasteiger partial charge < -0.3 is 5.11 Å². The second kappa shape index (κ2) is 6.18. The van der Waals surface area contributed by atoms with Crippen molar-refractivity contribution in [2.24, 2.45) is 0 Å². The van der Waals surface area contributed by atoms with Crippen LogP contribution in [0.3, 0.4) is 0 Å². The van der Waals surface area contributed by atoms with Crippen molar-refractivity contribution in [1.82, 2.24) is 4.98 Å². The summed E-state index contributed by atoms with van der Waals surface area (Å²) in [6.45, 7) is 0. The van der Waals surface area contributed by atoms with E-state index in [1.807, 2.05) is 0 Å². The van der Waals surface area contributed by atoms with Crippen molar-refractivity contribution in [3.05, 3.63) is 38.8 Å². The Bertz CT molecular complexity index is 772. The van der Waals surface area contributed by atoms with Crippen LogP contribution in [0.5, 0.6) is 0 Å². The SMILES string of the molecule is O=C(O)Cc1ccc(NS(=O)(=O)c2cc(Cl)sc2Cl)cn1. The summed E-state index contributed by atoms with van der Waals surface area (Å²) in [5.41, 5.74) is 0.518. The number of pyridine rings is 1. The van der Waals surface area contributed by atoms with E-state index in [0.717, 1.165) is 11.3 Å². The third-order valence-corrected chi connectivity index (χ3v) is 5.46. The van der Waals surface area contributed by atoms with Crippen LogP contribution in [0.4, 0.5) is 5.69 Å². The van der Waals surface area contributed by atoms with Gasteiger partial charge >= 0.3 is 5.97 Å². The third-order valence-electron chi connectivity index (χ3n) is 2.32. The zero-order valence-corrected chi connectivity index (χ0v) is 13.4. The van der Waals surface area contributed by atoms with Crippen molar-refractivity contribution >= 4 is 56.2 Å². The second-order valence-corrected chi connectivity index (χ2v) is 7.84. The number of sulfonamides is 1. The van der Waals surface area contributed by atoms with E-state index >= 15 is 0 Å². The zero-order valence-electron chi connectivity index (χ0n) is 10.2. The molecule has 0 aliphatic heterocycles. The first-order valence-corrected chi connectivity index (χ1v) is 8.48. The van der Waals surface area contributed by atoms with Crippen LogP contribution in [0.25, 0.3) is 0 Å². The maximum atomic E-state index is 12.1. The van der Waals surface area contributed by atoms with Gasteiger partial charge in [0.1, 0.15) is 9.23 Å². The lowest BCUT2D eigenvalue weighted by molar-refractivity contribution is -0.136. The van der Waals surface area contributed by atoms with Crippen LogP contribution in [-0.2, 0) is 21.2 Å². The Balaban J connectivity index is 2.21. The van der Waals surface area contributed by atoms with Gasteiger partial charge in [-0.25, -0.2) is 8.42 Å². The Morgan fingerprint density at radius 3 is 2.57 bits per heavy atom. The fourth-order valence-corrected chi connectivity index (χ4v) is 4.66. The van der Waals surface area contributed by atoms with Crippen molar-refractivity contribution in [3.63, 3.8) is 0 Å². The van der Waals surface area contributed by atoms with Gasteiger partial charge in [0, 0.05) is 0 Å². The van der Waals surface area contributed by atoms with Crippen LogP contribution in [0.2, 0.25) is 8.67 Å². The number of rotatable bonds is 5. The number of nitrogens with one attached hydrogen (secondary N) is 1. The molecule has 0 bridgehead atoms. The van der Waals surface area contributed by atoms with Crippen LogP contribution in [0.1, 0.15) is 5.69 Å². The first-order chi connectivity index (χ1) is 9.78. The number of halogens is 2. The van der Waals surface area contributed by atoms with Gasteiger partial charge in [-0.15, -0.1) is 11.3 Å². The summed E-state index contributed by atoms with van der Waals surface area (Å²) in [6.07, 6.45) is 0.997. The van der Waals surface area contributed by atoms with Gasteiger partial charge in [0.05, 0.1) is 28.3 Å². The number of hydrogen-bond donors (Lipinski definition) is 2. The summed E-state index contributed by atoms with van der Waals surface area (Å²) < 4.78 is 26.9. The number of hydrogen-bond acceptors (Lipinski definition) is 5. The molecule has 2 rings (SSSR count). The number of carboxylic acids is 1. The molecule has 21 heavy (non-hydrogen) atoms. The highest BCUT2D eigenvalue weighted by Gasteiger charge is 2.21. The Morgan fingerprint density at radius 1 is 1.38 bits per heavy atom. The second-order valence-electron chi connectivity index (χ2n) is 3.90. The Hall–Kier alpha value is -1.35. The lowest BCUT2D eigenvalue weighted by atomic mass is 10.3. The largest absolute Gasteiger partial charge is 0.481 e. The standard InChI is InChI=1S/C11H8Cl2N2O4S2/c12-9-4-8(11(13)20-9)21(18,19)15-7-2-1-6(14-5-7)3-10(16)17/h1-2,4-5,15H,3H2,(H,16,17). The van der Waals surface area contributed by atoms with Crippen LogP contribution in [0.15, 0.2) is 29.3 Å². The van der Waals surface area contributed by atoms with Crippen LogP contribution in [-0.4, -0.2) is 24.5 Å². The quantitative estimate of drug-likeness (QED) is 0.847. The highest BCUT2D eigenvalue weighted by molar-refractivity contribution is 7.93. The minimum Gasteiger partial charge on any atom is -0.481 e. The minimum atomic E-state index is -3.87. The maximum Gasteiger partial charge on any atom is 0.309 e. The molecule has 6 nitrogen and oxygen atoms in total. The number of carbonyl (C=O) groups is 1. The number of carboxylic acid groups (broad SMARTS) is 1. The molecular weight excluding hydrogens is 359 g/mol. The smallest absolute Gasteiger partial charge is 0.309 e. The monoisotopic (exact) mass is 366 g/mol. The first-order valence-electron chi connectivity index (χ1n) is 5.42. The number of nitrogens with zero attached hydrogens (tertiary/aromatic N) is 1. The van der Waals surface area contributed by atoms with E-state index in [9.17, 15) is 13.2 Å². The lowest BCUT2D eigenvalue weighted by Crippen LogP contribution is -2.13. The van der Waals surface area contributed by atoms with Crippen molar-refractivity contribution in [1.29, 1.82) is 0 Å². The van der Waals surface area contributed by atoms with Crippen LogP contribution >= 0.6 is 34.5 Å². The predicted octanol–water partition coefficient (Wildman–Crippen LogP) is 2.88. The molecule has 0 unspecified atom stereocenters. The number of thiophene rings is 1. The molecule has 0 spiro atoms. The molecule has 0 atom stereocenters. The van der Waals surface area contributed by atoms with Gasteiger partial charge in [-0.1, -0.05) is 23.2 Å². The summed E-state index contributed by atoms with van der Waals surface area (Å²) in [6, 6.07) is 4.10. The fourth-order valence-electron chi connectivity index (χ4n) is 1.46. The Labute approximate surface area is 134 Å². The molecule has 0 amide bonds. The van der Waals surface area contributed by atoms with E-state index in [-0.39, 0.29) is 25.7 Å². The van der Waals surface area contributed by atoms with Gasteiger partial charge in [-0.2, -0.15) is 0 Å². The highest BCUT2D eigenvalue weighted by atomic mass is 35.5. The molecule has 0 saturated carbocycles. The number of anilines is 1. The summed E-state index contributed by atoms with van der Waals surface area (Å²) >= 11 is 12.5. The van der Waals surface area contributed by atoms with Crippen molar-refractivity contribution in [2.45, 2.75) is 11.3 Å². The molecule has 2 aromatic heterocycles. The summed E-state index contributed by atoms with van der Waals surface area (Å²) in [4.78, 5) is 14.3. The van der Waals surface area contributed by atoms with Gasteiger partial charge in [0.2, 0.25) is 0 Å². The topological polar surface area (TPSA) is 96.4 Å². The van der Waals surface area contributed by atoms with Crippen molar-refractivity contribution < 1.29 is 18.3 Å². The Kier molecular flexibility index (Phi) is 4.72. The number of aromatic nitrogens is 1. The number of aliphatic carboxylic acids is 1. The molecule has 2 N–H and O–H groups in total. The molecule has 0 saturated heterocycles. The molecule has 0 aromatic carbocycles. The average molecular weight is 367 g/mol. The molecule has 0 aliphatic carbocycles. The molecule has 0 aliphatic rings. The lowest BCUT2D eigenvalue weighted by Gasteiger charge is -2.07. The van der Waals surface area contributed by atoms with E-state index in [1.165, 1.54) is 24.4 Å². The highest BCUT2D eigenvalue weighted by Crippen LogP contribution is 2.34. The molecular formula is C11H8Cl2N2O4S2. The maximum absolute atomic E-state index is 12.1. The van der Waals surface area contributed by atoms with Crippen LogP contribution in [0, 0.1) is 0 Å². The first kappa shape index (κ1) is 16.0. The van der Waals surface area contributed by atoms with E-state index in [1.54, 1.807) is 0 Å². The third kappa shape index (κ3) is 4.07. The minimum absolute atomic E-state index is 0.0583. The fraction of sp³-hybridized carbons (Fsp3) is 0.0909. The summed E-state index contributed by atoms with van der Waals surface area (Å²) in [7, 11) is -3.87. The normalized spacial score (nSPS) is 11.3. The summed E-state index contributed by atoms with van der Waals surface area (Å²) in [5.74, 6) is -1.02. The molecule has 2 aromatic rings. The Morgan fingerprint density at radius 2 is 2.10 bits per heavy atom. The summed E-state index contributed by atoms with van der Waals surface area (Å²) in [5, 5.41) is 8.63. The molecule has 2 heterocycles.